The summed E-state index contributed by atoms with van der Waals surface area (Å²) in [7, 11) is 0. The molecule has 2 rings (SSSR count). The fourth-order valence-corrected chi connectivity index (χ4v) is 1.96. The number of hydrogen-bond acceptors (Lipinski definition) is 2. The Morgan fingerprint density at radius 3 is 2.76 bits per heavy atom. The molecule has 0 aliphatic rings. The van der Waals surface area contributed by atoms with Crippen molar-refractivity contribution in [1.82, 2.24) is 4.98 Å². The van der Waals surface area contributed by atoms with Crippen LogP contribution in [0.15, 0.2) is 24.3 Å². The summed E-state index contributed by atoms with van der Waals surface area (Å²) in [6.45, 7) is 5.00. The number of hydrogen-bond donors (Lipinski definition) is 1. The van der Waals surface area contributed by atoms with Crippen LogP contribution >= 0.6 is 0 Å². The van der Waals surface area contributed by atoms with Gasteiger partial charge in [0.05, 0.1) is 5.52 Å². The third kappa shape index (κ3) is 2.54. The molecule has 0 radical (unpaired) electrons. The maximum absolute atomic E-state index is 13.1. The van der Waals surface area contributed by atoms with Gasteiger partial charge in [-0.15, -0.1) is 0 Å². The van der Waals surface area contributed by atoms with Gasteiger partial charge in [0.25, 0.3) is 0 Å². The second-order valence-corrected chi connectivity index (χ2v) is 4.11. The minimum absolute atomic E-state index is 0.240. The number of nitrogens with zero attached hydrogens (tertiary/aromatic N) is 1. The number of nitrogens with one attached hydrogen (secondary N) is 1. The van der Waals surface area contributed by atoms with E-state index in [2.05, 4.69) is 23.3 Å². The quantitative estimate of drug-likeness (QED) is 0.868. The fraction of sp³-hybridized carbons (Fsp3) is 0.357. The van der Waals surface area contributed by atoms with E-state index in [1.807, 2.05) is 6.92 Å². The van der Waals surface area contributed by atoms with Crippen LogP contribution in [0.2, 0.25) is 0 Å². The standard InChI is InChI=1S/C14H17FN2/c1-3-5-11-8-10-6-7-12(15)9-13(10)17-14(11)16-4-2/h6-9H,3-5H2,1-2H3,(H,16,17). The predicted octanol–water partition coefficient (Wildman–Crippen LogP) is 3.76. The maximum Gasteiger partial charge on any atom is 0.129 e. The van der Waals surface area contributed by atoms with E-state index in [0.717, 1.165) is 30.6 Å². The number of rotatable bonds is 4. The highest BCUT2D eigenvalue weighted by atomic mass is 19.1. The molecule has 1 heterocycles. The van der Waals surface area contributed by atoms with Crippen LogP contribution < -0.4 is 5.32 Å². The Morgan fingerprint density at radius 1 is 1.24 bits per heavy atom. The third-order valence-electron chi connectivity index (χ3n) is 2.72. The van der Waals surface area contributed by atoms with Gasteiger partial charge in [-0.05, 0) is 37.1 Å². The number of halogens is 1. The summed E-state index contributed by atoms with van der Waals surface area (Å²) in [5.74, 6) is 0.642. The van der Waals surface area contributed by atoms with Crippen molar-refractivity contribution in [3.05, 3.63) is 35.6 Å². The average molecular weight is 232 g/mol. The molecule has 0 saturated heterocycles. The Morgan fingerprint density at radius 2 is 2.06 bits per heavy atom. The molecule has 1 aromatic heterocycles. The van der Waals surface area contributed by atoms with E-state index < -0.39 is 0 Å². The van der Waals surface area contributed by atoms with E-state index in [-0.39, 0.29) is 5.82 Å². The topological polar surface area (TPSA) is 24.9 Å². The highest BCUT2D eigenvalue weighted by Crippen LogP contribution is 2.22. The Hall–Kier alpha value is -1.64. The molecule has 2 aromatic rings. The molecule has 0 spiro atoms. The molecule has 2 nitrogen and oxygen atoms in total. The maximum atomic E-state index is 13.1. The van der Waals surface area contributed by atoms with Crippen LogP contribution in [0.1, 0.15) is 25.8 Å². The second-order valence-electron chi connectivity index (χ2n) is 4.11. The number of anilines is 1. The van der Waals surface area contributed by atoms with E-state index in [9.17, 15) is 4.39 Å². The fourth-order valence-electron chi connectivity index (χ4n) is 1.96. The number of aromatic nitrogens is 1. The lowest BCUT2D eigenvalue weighted by Gasteiger charge is -2.10. The summed E-state index contributed by atoms with van der Waals surface area (Å²) in [6.07, 6.45) is 2.06. The molecule has 0 aliphatic heterocycles. The lowest BCUT2D eigenvalue weighted by atomic mass is 10.1. The molecule has 0 fully saturated rings. The van der Waals surface area contributed by atoms with Gasteiger partial charge in [-0.25, -0.2) is 9.37 Å². The van der Waals surface area contributed by atoms with Crippen LogP contribution in [0.5, 0.6) is 0 Å². The van der Waals surface area contributed by atoms with Gasteiger partial charge in [0.1, 0.15) is 11.6 Å². The smallest absolute Gasteiger partial charge is 0.129 e. The minimum atomic E-state index is -0.240. The van der Waals surface area contributed by atoms with E-state index in [1.165, 1.54) is 17.7 Å². The van der Waals surface area contributed by atoms with E-state index in [0.29, 0.717) is 5.52 Å². The monoisotopic (exact) mass is 232 g/mol. The van der Waals surface area contributed by atoms with E-state index in [4.69, 9.17) is 0 Å². The van der Waals surface area contributed by atoms with E-state index >= 15 is 0 Å². The van der Waals surface area contributed by atoms with Crippen LogP contribution in [0.4, 0.5) is 10.2 Å². The van der Waals surface area contributed by atoms with Crippen molar-refractivity contribution in [2.45, 2.75) is 26.7 Å². The SMILES string of the molecule is CCCc1cc2ccc(F)cc2nc1NCC. The van der Waals surface area contributed by atoms with Gasteiger partial charge in [0.2, 0.25) is 0 Å². The first-order chi connectivity index (χ1) is 8.24. The molecule has 3 heteroatoms. The first kappa shape index (κ1) is 11.8. The van der Waals surface area contributed by atoms with Crippen LogP contribution in [0.3, 0.4) is 0 Å². The molecule has 1 N–H and O–H groups in total. The summed E-state index contributed by atoms with van der Waals surface area (Å²) >= 11 is 0. The van der Waals surface area contributed by atoms with Crippen LogP contribution in [0, 0.1) is 5.82 Å². The lowest BCUT2D eigenvalue weighted by Crippen LogP contribution is -2.04. The number of pyridine rings is 1. The summed E-state index contributed by atoms with van der Waals surface area (Å²) in [5, 5.41) is 4.24. The molecule has 1 aromatic carbocycles. The van der Waals surface area contributed by atoms with Crippen LogP contribution in [-0.2, 0) is 6.42 Å². The zero-order valence-electron chi connectivity index (χ0n) is 10.3. The molecule has 0 aliphatic carbocycles. The molecule has 0 bridgehead atoms. The molecular formula is C14H17FN2. The zero-order chi connectivity index (χ0) is 12.3. The van der Waals surface area contributed by atoms with Gasteiger partial charge in [0, 0.05) is 18.0 Å². The average Bonchev–Trinajstić information content (AvgIpc) is 2.31. The van der Waals surface area contributed by atoms with Crippen molar-refractivity contribution in [3.8, 4) is 0 Å². The Bertz CT molecular complexity index is 523. The van der Waals surface area contributed by atoms with Crippen molar-refractivity contribution in [2.24, 2.45) is 0 Å². The normalized spacial score (nSPS) is 10.8. The molecule has 0 unspecified atom stereocenters. The Balaban J connectivity index is 2.55. The molecule has 0 saturated carbocycles. The number of fused-ring (bicyclic) bond motifs is 1. The largest absolute Gasteiger partial charge is 0.370 e. The highest BCUT2D eigenvalue weighted by molar-refractivity contribution is 5.81. The molecule has 0 atom stereocenters. The van der Waals surface area contributed by atoms with Crippen LogP contribution in [0.25, 0.3) is 10.9 Å². The van der Waals surface area contributed by atoms with Gasteiger partial charge >= 0.3 is 0 Å². The lowest BCUT2D eigenvalue weighted by molar-refractivity contribution is 0.629. The van der Waals surface area contributed by atoms with Crippen molar-refractivity contribution in [3.63, 3.8) is 0 Å². The Kier molecular flexibility index (Phi) is 3.57. The van der Waals surface area contributed by atoms with Crippen molar-refractivity contribution < 1.29 is 4.39 Å². The minimum Gasteiger partial charge on any atom is -0.370 e. The van der Waals surface area contributed by atoms with Crippen molar-refractivity contribution in [1.29, 1.82) is 0 Å². The van der Waals surface area contributed by atoms with E-state index in [1.54, 1.807) is 6.07 Å². The first-order valence-corrected chi connectivity index (χ1v) is 6.07. The van der Waals surface area contributed by atoms with Gasteiger partial charge in [-0.1, -0.05) is 13.3 Å². The Labute approximate surface area is 101 Å². The van der Waals surface area contributed by atoms with Gasteiger partial charge in [-0.3, -0.25) is 0 Å². The summed E-state index contributed by atoms with van der Waals surface area (Å²) in [5.41, 5.74) is 1.91. The number of aryl methyl sites for hydroxylation is 1. The van der Waals surface area contributed by atoms with Gasteiger partial charge < -0.3 is 5.32 Å². The van der Waals surface area contributed by atoms with Crippen molar-refractivity contribution >= 4 is 16.7 Å². The third-order valence-corrected chi connectivity index (χ3v) is 2.72. The first-order valence-electron chi connectivity index (χ1n) is 6.07. The predicted molar refractivity (Wildman–Crippen MR) is 69.9 cm³/mol. The summed E-state index contributed by atoms with van der Waals surface area (Å²) < 4.78 is 13.1. The molecular weight excluding hydrogens is 215 g/mol. The van der Waals surface area contributed by atoms with Gasteiger partial charge in [0.15, 0.2) is 0 Å². The van der Waals surface area contributed by atoms with Crippen LogP contribution in [-0.4, -0.2) is 11.5 Å². The molecule has 17 heavy (non-hydrogen) atoms. The highest BCUT2D eigenvalue weighted by Gasteiger charge is 2.06. The summed E-state index contributed by atoms with van der Waals surface area (Å²) in [6, 6.07) is 6.84. The summed E-state index contributed by atoms with van der Waals surface area (Å²) in [4.78, 5) is 4.49. The molecule has 0 amide bonds. The number of benzene rings is 1. The zero-order valence-corrected chi connectivity index (χ0v) is 10.3. The molecule has 90 valence electrons. The van der Waals surface area contributed by atoms with Gasteiger partial charge in [-0.2, -0.15) is 0 Å². The van der Waals surface area contributed by atoms with Crippen molar-refractivity contribution in [2.75, 3.05) is 11.9 Å². The second kappa shape index (κ2) is 5.13.